The Morgan fingerprint density at radius 3 is 2.50 bits per heavy atom. The molecule has 1 amide bonds. The van der Waals surface area contributed by atoms with E-state index in [1.807, 2.05) is 59.4 Å². The number of halogens is 1. The third-order valence-corrected chi connectivity index (χ3v) is 4.91. The van der Waals surface area contributed by atoms with Crippen molar-refractivity contribution in [1.29, 1.82) is 0 Å². The van der Waals surface area contributed by atoms with E-state index in [4.69, 9.17) is 11.6 Å². The highest BCUT2D eigenvalue weighted by Gasteiger charge is 2.12. The molecule has 26 heavy (non-hydrogen) atoms. The molecule has 2 aromatic carbocycles. The molecule has 0 aliphatic carbocycles. The van der Waals surface area contributed by atoms with E-state index in [0.29, 0.717) is 18.0 Å². The predicted octanol–water partition coefficient (Wildman–Crippen LogP) is 3.35. The molecule has 0 aliphatic rings. The summed E-state index contributed by atoms with van der Waals surface area (Å²) in [4.78, 5) is 11.8. The highest BCUT2D eigenvalue weighted by Crippen LogP contribution is 2.24. The van der Waals surface area contributed by atoms with Gasteiger partial charge in [0.05, 0.1) is 6.26 Å². The summed E-state index contributed by atoms with van der Waals surface area (Å²) in [5.74, 6) is -0.498. The number of nitrogens with one attached hydrogen (secondary N) is 1. The van der Waals surface area contributed by atoms with Crippen LogP contribution in [0.5, 0.6) is 0 Å². The number of nitrogens with zero attached hydrogens (tertiary/aromatic N) is 1. The van der Waals surface area contributed by atoms with Gasteiger partial charge in [0.1, 0.15) is 0 Å². The lowest BCUT2D eigenvalue weighted by atomic mass is 10.1. The van der Waals surface area contributed by atoms with E-state index < -0.39 is 15.9 Å². The second kappa shape index (κ2) is 7.51. The number of fused-ring (bicyclic) bond motifs is 1. The van der Waals surface area contributed by atoms with Gasteiger partial charge in [0.15, 0.2) is 0 Å². The van der Waals surface area contributed by atoms with Crippen LogP contribution in [0.1, 0.15) is 17.5 Å². The summed E-state index contributed by atoms with van der Waals surface area (Å²) in [7, 11) is -3.52. The fraction of sp³-hybridized carbons (Fsp3) is 0.211. The molecule has 7 heteroatoms. The molecule has 136 valence electrons. The molecule has 0 spiro atoms. The van der Waals surface area contributed by atoms with Crippen LogP contribution in [0.15, 0.2) is 54.7 Å². The highest BCUT2D eigenvalue weighted by atomic mass is 35.5. The third kappa shape index (κ3) is 4.65. The smallest absolute Gasteiger partial charge is 0.233 e. The maximum absolute atomic E-state index is 11.8. The molecule has 0 bridgehead atoms. The number of rotatable bonds is 6. The summed E-state index contributed by atoms with van der Waals surface area (Å²) in [5.41, 5.74) is 3.20. The fourth-order valence-electron chi connectivity index (χ4n) is 2.95. The van der Waals surface area contributed by atoms with Gasteiger partial charge in [-0.3, -0.25) is 9.52 Å². The lowest BCUT2D eigenvalue weighted by Gasteiger charge is -2.05. The van der Waals surface area contributed by atoms with Crippen LogP contribution in [-0.4, -0.2) is 25.1 Å². The van der Waals surface area contributed by atoms with Crippen molar-refractivity contribution in [3.63, 3.8) is 0 Å². The normalized spacial score (nSPS) is 11.6. The minimum Gasteiger partial charge on any atom is -0.343 e. The molecule has 0 atom stereocenters. The van der Waals surface area contributed by atoms with Crippen molar-refractivity contribution in [3.05, 3.63) is 70.9 Å². The fourth-order valence-corrected chi connectivity index (χ4v) is 3.59. The first kappa shape index (κ1) is 18.5. The molecule has 0 aliphatic heterocycles. The number of aromatic nitrogens is 1. The van der Waals surface area contributed by atoms with Crippen molar-refractivity contribution in [2.24, 2.45) is 0 Å². The quantitative estimate of drug-likeness (QED) is 0.701. The van der Waals surface area contributed by atoms with E-state index in [0.717, 1.165) is 28.3 Å². The molecule has 0 unspecified atom stereocenters. The number of para-hydroxylation sites is 1. The Kier molecular flexibility index (Phi) is 5.34. The number of amides is 1. The summed E-state index contributed by atoms with van der Waals surface area (Å²) in [6, 6.07) is 15.7. The first-order valence-corrected chi connectivity index (χ1v) is 10.4. The van der Waals surface area contributed by atoms with Gasteiger partial charge in [-0.05, 0) is 35.7 Å². The number of aryl methyl sites for hydroxylation is 1. The number of sulfonamides is 1. The first-order chi connectivity index (χ1) is 12.3. The molecule has 0 radical (unpaired) electrons. The lowest BCUT2D eigenvalue weighted by molar-refractivity contribution is -0.119. The van der Waals surface area contributed by atoms with Crippen LogP contribution < -0.4 is 4.72 Å². The topological polar surface area (TPSA) is 68.2 Å². The zero-order valence-corrected chi connectivity index (χ0v) is 15.8. The van der Waals surface area contributed by atoms with Crippen molar-refractivity contribution in [2.75, 3.05) is 6.26 Å². The van der Waals surface area contributed by atoms with Crippen LogP contribution in [0.3, 0.4) is 0 Å². The molecule has 5 nitrogen and oxygen atoms in total. The van der Waals surface area contributed by atoms with Crippen molar-refractivity contribution >= 4 is 38.4 Å². The molecule has 3 aromatic rings. The van der Waals surface area contributed by atoms with Gasteiger partial charge in [-0.1, -0.05) is 41.9 Å². The van der Waals surface area contributed by atoms with E-state index in [1.165, 1.54) is 0 Å². The molecule has 0 saturated carbocycles. The van der Waals surface area contributed by atoms with Crippen LogP contribution in [0.25, 0.3) is 10.9 Å². The summed E-state index contributed by atoms with van der Waals surface area (Å²) in [5, 5.41) is 1.76. The molecule has 0 fully saturated rings. The van der Waals surface area contributed by atoms with E-state index in [9.17, 15) is 13.2 Å². The Morgan fingerprint density at radius 1 is 1.12 bits per heavy atom. The van der Waals surface area contributed by atoms with Gasteiger partial charge in [-0.2, -0.15) is 0 Å². The van der Waals surface area contributed by atoms with Gasteiger partial charge in [0.2, 0.25) is 15.9 Å². The molecule has 3 rings (SSSR count). The second-order valence-corrected chi connectivity index (χ2v) is 8.41. The predicted molar refractivity (Wildman–Crippen MR) is 104 cm³/mol. The average Bonchev–Trinajstić information content (AvgIpc) is 2.92. The molecular formula is C19H19ClN2O3S. The van der Waals surface area contributed by atoms with Crippen molar-refractivity contribution < 1.29 is 13.2 Å². The van der Waals surface area contributed by atoms with Gasteiger partial charge >= 0.3 is 0 Å². The summed E-state index contributed by atoms with van der Waals surface area (Å²) < 4.78 is 26.4. The SMILES string of the molecule is CS(=O)(=O)NC(=O)CCc1cn(Cc2ccc(Cl)cc2)c2ccccc12. The summed E-state index contributed by atoms with van der Waals surface area (Å²) >= 11 is 5.94. The Balaban J connectivity index is 1.83. The minimum atomic E-state index is -3.52. The number of carbonyl (C=O) groups is 1. The van der Waals surface area contributed by atoms with Gasteiger partial charge in [0.25, 0.3) is 0 Å². The first-order valence-electron chi connectivity index (χ1n) is 8.13. The maximum atomic E-state index is 11.8. The Hall–Kier alpha value is -2.31. The van der Waals surface area contributed by atoms with Gasteiger partial charge < -0.3 is 4.57 Å². The third-order valence-electron chi connectivity index (χ3n) is 4.06. The monoisotopic (exact) mass is 390 g/mol. The van der Waals surface area contributed by atoms with E-state index in [1.54, 1.807) is 0 Å². The van der Waals surface area contributed by atoms with Gasteiger partial charge in [0, 0.05) is 35.1 Å². The van der Waals surface area contributed by atoms with E-state index >= 15 is 0 Å². The van der Waals surface area contributed by atoms with Crippen molar-refractivity contribution in [1.82, 2.24) is 9.29 Å². The number of hydrogen-bond acceptors (Lipinski definition) is 3. The minimum absolute atomic E-state index is 0.113. The van der Waals surface area contributed by atoms with Crippen LogP contribution in [0, 0.1) is 0 Å². The molecule has 1 N–H and O–H groups in total. The van der Waals surface area contributed by atoms with Crippen LogP contribution in [-0.2, 0) is 27.8 Å². The Morgan fingerprint density at radius 2 is 1.81 bits per heavy atom. The van der Waals surface area contributed by atoms with Crippen LogP contribution in [0.4, 0.5) is 0 Å². The standard InChI is InChI=1S/C19H19ClN2O3S/c1-26(24,25)21-19(23)11-8-15-13-22(18-5-3-2-4-17(15)18)12-14-6-9-16(20)10-7-14/h2-7,9-10,13H,8,11-12H2,1H3,(H,21,23). The zero-order valence-electron chi connectivity index (χ0n) is 14.3. The summed E-state index contributed by atoms with van der Waals surface area (Å²) in [6.45, 7) is 0.688. The molecule has 1 heterocycles. The average molecular weight is 391 g/mol. The number of carbonyl (C=O) groups excluding carboxylic acids is 1. The van der Waals surface area contributed by atoms with Gasteiger partial charge in [-0.15, -0.1) is 0 Å². The van der Waals surface area contributed by atoms with Crippen molar-refractivity contribution in [2.45, 2.75) is 19.4 Å². The van der Waals surface area contributed by atoms with Crippen LogP contribution in [0.2, 0.25) is 5.02 Å². The number of hydrogen-bond donors (Lipinski definition) is 1. The molecule has 0 saturated heterocycles. The van der Waals surface area contributed by atoms with Crippen LogP contribution >= 0.6 is 11.6 Å². The molecule has 1 aromatic heterocycles. The summed E-state index contributed by atoms with van der Waals surface area (Å²) in [6.07, 6.45) is 3.58. The largest absolute Gasteiger partial charge is 0.343 e. The number of benzene rings is 2. The van der Waals surface area contributed by atoms with E-state index in [2.05, 4.69) is 4.57 Å². The lowest BCUT2D eigenvalue weighted by Crippen LogP contribution is -2.29. The molecular weight excluding hydrogens is 372 g/mol. The maximum Gasteiger partial charge on any atom is 0.233 e. The second-order valence-electron chi connectivity index (χ2n) is 6.22. The van der Waals surface area contributed by atoms with E-state index in [-0.39, 0.29) is 6.42 Å². The zero-order chi connectivity index (χ0) is 18.7. The van der Waals surface area contributed by atoms with Crippen molar-refractivity contribution in [3.8, 4) is 0 Å². The Labute approximate surface area is 157 Å². The highest BCUT2D eigenvalue weighted by molar-refractivity contribution is 7.89. The Bertz CT molecular complexity index is 1040. The van der Waals surface area contributed by atoms with Gasteiger partial charge in [-0.25, -0.2) is 8.42 Å².